The van der Waals surface area contributed by atoms with Gasteiger partial charge in [0.25, 0.3) is 5.91 Å². The van der Waals surface area contributed by atoms with E-state index >= 15 is 0 Å². The average molecular weight is 552 g/mol. The van der Waals surface area contributed by atoms with E-state index in [1.807, 2.05) is 0 Å². The molecule has 202 valence electrons. The number of sulfonamides is 2. The summed E-state index contributed by atoms with van der Waals surface area (Å²) in [6.45, 7) is 3.75. The molecule has 37 heavy (non-hydrogen) atoms. The molecule has 1 amide bonds. The van der Waals surface area contributed by atoms with E-state index in [4.69, 9.17) is 9.47 Å². The molecule has 0 bridgehead atoms. The van der Waals surface area contributed by atoms with Crippen LogP contribution in [0.1, 0.15) is 31.2 Å². The zero-order chi connectivity index (χ0) is 26.5. The molecule has 0 aromatic heterocycles. The van der Waals surface area contributed by atoms with Gasteiger partial charge in [0.05, 0.1) is 23.0 Å². The Kier molecular flexibility index (Phi) is 8.86. The summed E-state index contributed by atoms with van der Waals surface area (Å²) in [5.74, 6) is -0.128. The van der Waals surface area contributed by atoms with Gasteiger partial charge in [-0.3, -0.25) is 4.79 Å². The lowest BCUT2D eigenvalue weighted by Crippen LogP contribution is -2.40. The second-order valence-corrected chi connectivity index (χ2v) is 13.0. The molecule has 10 nitrogen and oxygen atoms in total. The number of rotatable bonds is 8. The predicted molar refractivity (Wildman–Crippen MR) is 139 cm³/mol. The van der Waals surface area contributed by atoms with Crippen molar-refractivity contribution in [1.82, 2.24) is 8.61 Å². The lowest BCUT2D eigenvalue weighted by molar-refractivity contribution is -0.118. The molecule has 2 aromatic carbocycles. The highest BCUT2D eigenvalue weighted by Gasteiger charge is 2.28. The van der Waals surface area contributed by atoms with Gasteiger partial charge in [-0.05, 0) is 61.7 Å². The monoisotopic (exact) mass is 551 g/mol. The Hall–Kier alpha value is -2.51. The van der Waals surface area contributed by atoms with Crippen LogP contribution in [0.25, 0.3) is 0 Å². The van der Waals surface area contributed by atoms with Crippen molar-refractivity contribution in [3.05, 3.63) is 48.0 Å². The Bertz CT molecular complexity index is 1300. The maximum absolute atomic E-state index is 13.2. The van der Waals surface area contributed by atoms with Crippen LogP contribution >= 0.6 is 0 Å². The summed E-state index contributed by atoms with van der Waals surface area (Å²) >= 11 is 0. The number of morpholine rings is 1. The smallest absolute Gasteiger partial charge is 0.262 e. The van der Waals surface area contributed by atoms with E-state index < -0.39 is 26.0 Å². The molecule has 2 aliphatic rings. The van der Waals surface area contributed by atoms with Crippen LogP contribution in [0.15, 0.2) is 52.3 Å². The number of carbonyl (C=O) groups excluding carboxylic acids is 1. The third-order valence-corrected chi connectivity index (χ3v) is 10.4. The average Bonchev–Trinajstić information content (AvgIpc) is 3.20. The Labute approximate surface area is 218 Å². The highest BCUT2D eigenvalue weighted by molar-refractivity contribution is 7.89. The summed E-state index contributed by atoms with van der Waals surface area (Å²) in [6, 6.07) is 10.7. The lowest BCUT2D eigenvalue weighted by atomic mass is 10.2. The summed E-state index contributed by atoms with van der Waals surface area (Å²) in [4.78, 5) is 12.8. The Morgan fingerprint density at radius 3 is 2.14 bits per heavy atom. The Morgan fingerprint density at radius 1 is 0.865 bits per heavy atom. The second-order valence-electron chi connectivity index (χ2n) is 9.12. The quantitative estimate of drug-likeness (QED) is 0.535. The summed E-state index contributed by atoms with van der Waals surface area (Å²) in [6.07, 6.45) is 3.72. The van der Waals surface area contributed by atoms with Crippen molar-refractivity contribution in [3.63, 3.8) is 0 Å². The highest BCUT2D eigenvalue weighted by atomic mass is 32.2. The van der Waals surface area contributed by atoms with Gasteiger partial charge in [-0.15, -0.1) is 0 Å². The fourth-order valence-corrected chi connectivity index (χ4v) is 7.54. The van der Waals surface area contributed by atoms with Gasteiger partial charge in [-0.2, -0.15) is 8.61 Å². The minimum absolute atomic E-state index is 0.143. The molecule has 0 spiro atoms. The topological polar surface area (TPSA) is 122 Å². The van der Waals surface area contributed by atoms with Crippen molar-refractivity contribution < 1.29 is 31.1 Å². The first kappa shape index (κ1) is 27.5. The van der Waals surface area contributed by atoms with Gasteiger partial charge < -0.3 is 14.8 Å². The number of hydrogen-bond donors (Lipinski definition) is 1. The van der Waals surface area contributed by atoms with Crippen LogP contribution in [-0.2, 0) is 29.6 Å². The number of ether oxygens (including phenoxy) is 2. The summed E-state index contributed by atoms with van der Waals surface area (Å²) in [5, 5.41) is 2.68. The van der Waals surface area contributed by atoms with Crippen molar-refractivity contribution in [1.29, 1.82) is 0 Å². The Morgan fingerprint density at radius 2 is 1.49 bits per heavy atom. The van der Waals surface area contributed by atoms with Crippen LogP contribution in [0.3, 0.4) is 0 Å². The molecule has 1 N–H and O–H groups in total. The maximum atomic E-state index is 13.2. The van der Waals surface area contributed by atoms with Gasteiger partial charge >= 0.3 is 0 Å². The van der Waals surface area contributed by atoms with Gasteiger partial charge in [0.1, 0.15) is 5.75 Å². The number of aryl methyl sites for hydroxylation is 1. The van der Waals surface area contributed by atoms with Crippen LogP contribution in [0.5, 0.6) is 5.75 Å². The van der Waals surface area contributed by atoms with E-state index in [2.05, 4.69) is 5.32 Å². The third-order valence-electron chi connectivity index (χ3n) is 6.46. The van der Waals surface area contributed by atoms with Gasteiger partial charge in [-0.1, -0.05) is 18.9 Å². The number of anilines is 1. The maximum Gasteiger partial charge on any atom is 0.262 e. The van der Waals surface area contributed by atoms with E-state index in [-0.39, 0.29) is 16.4 Å². The molecule has 2 aliphatic heterocycles. The van der Waals surface area contributed by atoms with E-state index in [9.17, 15) is 21.6 Å². The molecular formula is C25H33N3O7S2. The third kappa shape index (κ3) is 6.68. The molecule has 2 aromatic rings. The normalized spacial score (nSPS) is 18.2. The number of nitrogens with one attached hydrogen (secondary N) is 1. The predicted octanol–water partition coefficient (Wildman–Crippen LogP) is 2.60. The van der Waals surface area contributed by atoms with Crippen molar-refractivity contribution >= 4 is 31.6 Å². The molecule has 0 aliphatic carbocycles. The summed E-state index contributed by atoms with van der Waals surface area (Å²) < 4.78 is 65.6. The number of amides is 1. The number of hydrogen-bond acceptors (Lipinski definition) is 7. The van der Waals surface area contributed by atoms with Crippen LogP contribution < -0.4 is 10.1 Å². The van der Waals surface area contributed by atoms with Crippen molar-refractivity contribution in [2.24, 2.45) is 0 Å². The van der Waals surface area contributed by atoms with Gasteiger partial charge in [-0.25, -0.2) is 16.8 Å². The molecule has 2 saturated heterocycles. The van der Waals surface area contributed by atoms with Gasteiger partial charge in [0, 0.05) is 31.9 Å². The first-order valence-corrected chi connectivity index (χ1v) is 15.3. The van der Waals surface area contributed by atoms with Crippen molar-refractivity contribution in [2.45, 2.75) is 42.4 Å². The van der Waals surface area contributed by atoms with Gasteiger partial charge in [0.15, 0.2) is 6.61 Å². The van der Waals surface area contributed by atoms with E-state index in [0.29, 0.717) is 56.4 Å². The fourth-order valence-electron chi connectivity index (χ4n) is 4.37. The second kappa shape index (κ2) is 11.9. The standard InChI is InChI=1S/C25H33N3O7S2/c1-20-6-7-21(18-24(20)37(32,33)27-12-4-2-3-5-13-27)26-25(29)19-35-22-8-10-23(11-9-22)36(30,31)28-14-16-34-17-15-28/h6-11,18H,2-5,12-17,19H2,1H3,(H,26,29). The minimum Gasteiger partial charge on any atom is -0.484 e. The lowest BCUT2D eigenvalue weighted by Gasteiger charge is -2.26. The van der Waals surface area contributed by atoms with E-state index in [1.165, 1.54) is 38.9 Å². The van der Waals surface area contributed by atoms with E-state index in [1.54, 1.807) is 19.1 Å². The first-order chi connectivity index (χ1) is 17.7. The van der Waals surface area contributed by atoms with E-state index in [0.717, 1.165) is 25.7 Å². The van der Waals surface area contributed by atoms with Crippen molar-refractivity contribution in [3.8, 4) is 5.75 Å². The van der Waals surface area contributed by atoms with Crippen LogP contribution in [-0.4, -0.2) is 77.4 Å². The molecule has 2 heterocycles. The highest BCUT2D eigenvalue weighted by Crippen LogP contribution is 2.26. The SMILES string of the molecule is Cc1ccc(NC(=O)COc2ccc(S(=O)(=O)N3CCOCC3)cc2)cc1S(=O)(=O)N1CCCCCC1. The molecule has 0 saturated carbocycles. The zero-order valence-corrected chi connectivity index (χ0v) is 22.5. The van der Waals surface area contributed by atoms with Crippen LogP contribution in [0, 0.1) is 6.92 Å². The molecule has 2 fully saturated rings. The molecule has 12 heteroatoms. The molecule has 0 radical (unpaired) electrons. The van der Waals surface area contributed by atoms with Gasteiger partial charge in [0.2, 0.25) is 20.0 Å². The van der Waals surface area contributed by atoms with Crippen LogP contribution in [0.4, 0.5) is 5.69 Å². The fraction of sp³-hybridized carbons (Fsp3) is 0.480. The summed E-state index contributed by atoms with van der Waals surface area (Å²) in [5.41, 5.74) is 0.977. The summed E-state index contributed by atoms with van der Waals surface area (Å²) in [7, 11) is -7.28. The van der Waals surface area contributed by atoms with Crippen molar-refractivity contribution in [2.75, 3.05) is 51.3 Å². The molecule has 4 rings (SSSR count). The zero-order valence-electron chi connectivity index (χ0n) is 20.9. The molecular weight excluding hydrogens is 518 g/mol. The minimum atomic E-state index is -3.66. The Balaban J connectivity index is 1.37. The van der Waals surface area contributed by atoms with Crippen LogP contribution in [0.2, 0.25) is 0 Å². The first-order valence-electron chi connectivity index (χ1n) is 12.4. The molecule has 0 atom stereocenters. The number of benzene rings is 2. The molecule has 0 unspecified atom stereocenters. The number of nitrogens with zero attached hydrogens (tertiary/aromatic N) is 2. The largest absolute Gasteiger partial charge is 0.484 e. The number of carbonyl (C=O) groups is 1.